The van der Waals surface area contributed by atoms with Gasteiger partial charge in [-0.1, -0.05) is 6.07 Å². The second-order valence-corrected chi connectivity index (χ2v) is 3.35. The van der Waals surface area contributed by atoms with E-state index in [1.54, 1.807) is 12.1 Å². The van der Waals surface area contributed by atoms with E-state index in [2.05, 4.69) is 11.0 Å². The molecule has 6 nitrogen and oxygen atoms in total. The number of benzene rings is 1. The first kappa shape index (κ1) is 9.88. The van der Waals surface area contributed by atoms with Gasteiger partial charge < -0.3 is 0 Å². The van der Waals surface area contributed by atoms with Gasteiger partial charge in [-0.3, -0.25) is 20.4 Å². The number of nitro groups is 1. The molecular weight excluding hydrogens is 198 g/mol. The van der Waals surface area contributed by atoms with Crippen LogP contribution in [0.1, 0.15) is 12.8 Å². The highest BCUT2D eigenvalue weighted by Gasteiger charge is 2.22. The van der Waals surface area contributed by atoms with Crippen LogP contribution < -0.4 is 11.0 Å². The predicted molar refractivity (Wildman–Crippen MR) is 54.0 cm³/mol. The van der Waals surface area contributed by atoms with E-state index < -0.39 is 4.92 Å². The maximum Gasteiger partial charge on any atom is 0.271 e. The summed E-state index contributed by atoms with van der Waals surface area (Å²) in [6, 6.07) is 6.20. The molecule has 1 aromatic carbocycles. The van der Waals surface area contributed by atoms with Crippen molar-refractivity contribution in [2.45, 2.75) is 18.9 Å². The monoisotopic (exact) mass is 209 g/mol. The highest BCUT2D eigenvalue weighted by molar-refractivity contribution is 5.49. The molecule has 0 spiro atoms. The van der Waals surface area contributed by atoms with E-state index in [-0.39, 0.29) is 11.8 Å². The van der Waals surface area contributed by atoms with Crippen LogP contribution in [0.25, 0.3) is 0 Å². The normalized spacial score (nSPS) is 14.9. The molecule has 1 fully saturated rings. The van der Waals surface area contributed by atoms with Gasteiger partial charge in [-0.15, -0.1) is 5.59 Å². The van der Waals surface area contributed by atoms with Gasteiger partial charge in [-0.05, 0) is 18.9 Å². The Kier molecular flexibility index (Phi) is 2.79. The van der Waals surface area contributed by atoms with Gasteiger partial charge in [0.1, 0.15) is 0 Å². The van der Waals surface area contributed by atoms with Crippen LogP contribution in [0.15, 0.2) is 24.3 Å². The first-order valence-electron chi connectivity index (χ1n) is 4.67. The van der Waals surface area contributed by atoms with Crippen LogP contribution in [0, 0.1) is 10.1 Å². The highest BCUT2D eigenvalue weighted by Crippen LogP contribution is 2.22. The highest BCUT2D eigenvalue weighted by atomic mass is 16.7. The topological polar surface area (TPSA) is 76.4 Å². The molecule has 0 amide bonds. The number of rotatable bonds is 5. The second kappa shape index (κ2) is 4.24. The summed E-state index contributed by atoms with van der Waals surface area (Å²) in [5.74, 6) is 0. The Balaban J connectivity index is 1.88. The fourth-order valence-electron chi connectivity index (χ4n) is 1.05. The molecule has 1 aromatic rings. The fraction of sp³-hybridized carbons (Fsp3) is 0.333. The SMILES string of the molecule is O=[N+]([O-])c1cccc(NNOC2CC2)c1. The average Bonchev–Trinajstić information content (AvgIpc) is 3.02. The van der Waals surface area contributed by atoms with Gasteiger partial charge in [0.25, 0.3) is 5.69 Å². The maximum absolute atomic E-state index is 10.5. The first-order chi connectivity index (χ1) is 7.25. The molecule has 1 aliphatic rings. The molecule has 0 unspecified atom stereocenters. The van der Waals surface area contributed by atoms with Gasteiger partial charge in [-0.2, -0.15) is 0 Å². The third-order valence-electron chi connectivity index (χ3n) is 2.00. The van der Waals surface area contributed by atoms with Gasteiger partial charge >= 0.3 is 0 Å². The molecule has 2 N–H and O–H groups in total. The number of nitrogens with zero attached hydrogens (tertiary/aromatic N) is 1. The summed E-state index contributed by atoms with van der Waals surface area (Å²) in [4.78, 5) is 15.2. The Labute approximate surface area is 86.3 Å². The van der Waals surface area contributed by atoms with E-state index in [9.17, 15) is 10.1 Å². The van der Waals surface area contributed by atoms with Crippen molar-refractivity contribution < 1.29 is 9.76 Å². The number of nitro benzene ring substituents is 1. The quantitative estimate of drug-likeness (QED) is 0.569. The third kappa shape index (κ3) is 2.90. The smallest absolute Gasteiger partial charge is 0.271 e. The van der Waals surface area contributed by atoms with Gasteiger partial charge in [0.15, 0.2) is 0 Å². The Morgan fingerprint density at radius 3 is 2.93 bits per heavy atom. The second-order valence-electron chi connectivity index (χ2n) is 3.35. The van der Waals surface area contributed by atoms with Gasteiger partial charge in [-0.25, -0.2) is 0 Å². The molecule has 2 rings (SSSR count). The van der Waals surface area contributed by atoms with Crippen LogP contribution >= 0.6 is 0 Å². The molecule has 80 valence electrons. The summed E-state index contributed by atoms with van der Waals surface area (Å²) >= 11 is 0. The summed E-state index contributed by atoms with van der Waals surface area (Å²) in [7, 11) is 0. The molecular formula is C9H11N3O3. The molecule has 0 saturated heterocycles. The van der Waals surface area contributed by atoms with Crippen molar-refractivity contribution in [3.8, 4) is 0 Å². The van der Waals surface area contributed by atoms with E-state index >= 15 is 0 Å². The van der Waals surface area contributed by atoms with Crippen molar-refractivity contribution in [3.05, 3.63) is 34.4 Å². The van der Waals surface area contributed by atoms with Gasteiger partial charge in [0.05, 0.1) is 16.7 Å². The molecule has 0 aliphatic heterocycles. The molecule has 0 bridgehead atoms. The van der Waals surface area contributed by atoms with E-state index in [0.29, 0.717) is 5.69 Å². The van der Waals surface area contributed by atoms with Gasteiger partial charge in [0, 0.05) is 12.1 Å². The Morgan fingerprint density at radius 1 is 1.47 bits per heavy atom. The summed E-state index contributed by atoms with van der Waals surface area (Å²) < 4.78 is 0. The summed E-state index contributed by atoms with van der Waals surface area (Å²) in [5, 5.41) is 10.5. The zero-order valence-electron chi connectivity index (χ0n) is 7.97. The third-order valence-corrected chi connectivity index (χ3v) is 2.00. The molecule has 1 saturated carbocycles. The van der Waals surface area contributed by atoms with Gasteiger partial charge in [0.2, 0.25) is 0 Å². The minimum atomic E-state index is -0.438. The van der Waals surface area contributed by atoms with Crippen molar-refractivity contribution in [2.24, 2.45) is 0 Å². The molecule has 0 atom stereocenters. The lowest BCUT2D eigenvalue weighted by Gasteiger charge is -2.07. The van der Waals surface area contributed by atoms with Crippen LogP contribution in [-0.2, 0) is 4.84 Å². The minimum absolute atomic E-state index is 0.0493. The number of anilines is 1. The van der Waals surface area contributed by atoms with Crippen LogP contribution in [-0.4, -0.2) is 11.0 Å². The summed E-state index contributed by atoms with van der Waals surface area (Å²) in [6.07, 6.45) is 2.39. The molecule has 0 heterocycles. The number of hydrogen-bond donors (Lipinski definition) is 2. The number of hydrazine groups is 1. The van der Waals surface area contributed by atoms with Crippen molar-refractivity contribution >= 4 is 11.4 Å². The zero-order chi connectivity index (χ0) is 10.7. The van der Waals surface area contributed by atoms with Crippen LogP contribution in [0.5, 0.6) is 0 Å². The lowest BCUT2D eigenvalue weighted by molar-refractivity contribution is -0.384. The van der Waals surface area contributed by atoms with Crippen molar-refractivity contribution in [1.29, 1.82) is 0 Å². The fourth-order valence-corrected chi connectivity index (χ4v) is 1.05. The van der Waals surface area contributed by atoms with Crippen molar-refractivity contribution in [1.82, 2.24) is 5.59 Å². The van der Waals surface area contributed by atoms with Crippen LogP contribution in [0.3, 0.4) is 0 Å². The lowest BCUT2D eigenvalue weighted by Crippen LogP contribution is -2.22. The standard InChI is InChI=1S/C9H11N3O3/c13-12(14)8-3-1-2-7(6-8)10-11-15-9-4-5-9/h1-3,6,9-11H,4-5H2. The Bertz CT molecular complexity index is 365. The summed E-state index contributed by atoms with van der Waals surface area (Å²) in [6.45, 7) is 0. The maximum atomic E-state index is 10.5. The lowest BCUT2D eigenvalue weighted by atomic mass is 10.3. The molecule has 1 aliphatic carbocycles. The van der Waals surface area contributed by atoms with E-state index in [1.807, 2.05) is 0 Å². The van der Waals surface area contributed by atoms with E-state index in [4.69, 9.17) is 4.84 Å². The number of nitrogens with one attached hydrogen (secondary N) is 2. The predicted octanol–water partition coefficient (Wildman–Crippen LogP) is 1.61. The van der Waals surface area contributed by atoms with Crippen LogP contribution in [0.2, 0.25) is 0 Å². The zero-order valence-corrected chi connectivity index (χ0v) is 7.97. The molecule has 0 radical (unpaired) electrons. The van der Waals surface area contributed by atoms with Crippen LogP contribution in [0.4, 0.5) is 11.4 Å². The number of non-ortho nitro benzene ring substituents is 1. The summed E-state index contributed by atoms with van der Waals surface area (Å²) in [5.41, 5.74) is 5.94. The average molecular weight is 209 g/mol. The molecule has 6 heteroatoms. The Hall–Kier alpha value is -1.66. The molecule has 0 aromatic heterocycles. The first-order valence-corrected chi connectivity index (χ1v) is 4.67. The number of hydrogen-bond acceptors (Lipinski definition) is 5. The van der Waals surface area contributed by atoms with Crippen molar-refractivity contribution in [3.63, 3.8) is 0 Å². The van der Waals surface area contributed by atoms with E-state index in [0.717, 1.165) is 12.8 Å². The minimum Gasteiger partial charge on any atom is -0.299 e. The largest absolute Gasteiger partial charge is 0.299 e. The van der Waals surface area contributed by atoms with Crippen molar-refractivity contribution in [2.75, 3.05) is 5.43 Å². The Morgan fingerprint density at radius 2 is 2.27 bits per heavy atom. The van der Waals surface area contributed by atoms with E-state index in [1.165, 1.54) is 12.1 Å². The molecule has 15 heavy (non-hydrogen) atoms.